The van der Waals surface area contributed by atoms with Gasteiger partial charge in [-0.25, -0.2) is 0 Å². The minimum atomic E-state index is -0.320. The van der Waals surface area contributed by atoms with Gasteiger partial charge in [-0.15, -0.1) is 0 Å². The first kappa shape index (κ1) is 10.3. The molecule has 1 nitrogen and oxygen atoms in total. The minimum Gasteiger partial charge on any atom is -0.392 e. The Morgan fingerprint density at radius 3 is 2.36 bits per heavy atom. The molecular formula is C11H12Cl2O. The number of hydrogen-bond donors (Lipinski definition) is 1. The maximum absolute atomic E-state index is 9.68. The fraction of sp³-hybridized carbons (Fsp3) is 0.455. The molecule has 1 N–H and O–H groups in total. The van der Waals surface area contributed by atoms with E-state index in [2.05, 4.69) is 0 Å². The lowest BCUT2D eigenvalue weighted by molar-refractivity contribution is 0.150. The number of benzene rings is 1. The van der Waals surface area contributed by atoms with Gasteiger partial charge in [0.05, 0.1) is 16.1 Å². The molecule has 0 bridgehead atoms. The average Bonchev–Trinajstić information content (AvgIpc) is 2.90. The average molecular weight is 231 g/mol. The molecule has 1 fully saturated rings. The summed E-state index contributed by atoms with van der Waals surface area (Å²) < 4.78 is 0. The van der Waals surface area contributed by atoms with Crippen molar-refractivity contribution in [2.45, 2.75) is 31.3 Å². The van der Waals surface area contributed by atoms with E-state index in [0.717, 1.165) is 18.4 Å². The van der Waals surface area contributed by atoms with Crippen molar-refractivity contribution in [3.63, 3.8) is 0 Å². The van der Waals surface area contributed by atoms with Crippen molar-refractivity contribution in [2.75, 3.05) is 0 Å². The van der Waals surface area contributed by atoms with Gasteiger partial charge in [0.15, 0.2) is 0 Å². The van der Waals surface area contributed by atoms with Gasteiger partial charge in [-0.3, -0.25) is 0 Å². The number of aliphatic hydroxyl groups is 1. The van der Waals surface area contributed by atoms with E-state index >= 15 is 0 Å². The highest BCUT2D eigenvalue weighted by atomic mass is 35.5. The van der Waals surface area contributed by atoms with E-state index < -0.39 is 0 Å². The second-order valence-corrected chi connectivity index (χ2v) is 4.78. The molecule has 0 aromatic heterocycles. The van der Waals surface area contributed by atoms with Crippen molar-refractivity contribution in [1.82, 2.24) is 0 Å². The van der Waals surface area contributed by atoms with Crippen LogP contribution in [-0.2, 0) is 5.41 Å². The Bertz CT molecular complexity index is 356. The van der Waals surface area contributed by atoms with Crippen LogP contribution in [0.1, 0.15) is 25.3 Å². The number of aliphatic hydroxyl groups excluding tert-OH is 1. The fourth-order valence-corrected chi connectivity index (χ4v) is 2.19. The molecule has 1 aromatic rings. The molecule has 0 saturated heterocycles. The van der Waals surface area contributed by atoms with Crippen LogP contribution in [0.25, 0.3) is 0 Å². The maximum atomic E-state index is 9.68. The number of halogens is 2. The van der Waals surface area contributed by atoms with Gasteiger partial charge in [0.25, 0.3) is 0 Å². The molecule has 0 aliphatic heterocycles. The van der Waals surface area contributed by atoms with Crippen molar-refractivity contribution >= 4 is 23.2 Å². The Labute approximate surface area is 93.7 Å². The van der Waals surface area contributed by atoms with Crippen LogP contribution in [0.3, 0.4) is 0 Å². The highest BCUT2D eigenvalue weighted by molar-refractivity contribution is 6.42. The second kappa shape index (κ2) is 3.41. The zero-order chi connectivity index (χ0) is 10.3. The van der Waals surface area contributed by atoms with Crippen LogP contribution in [-0.4, -0.2) is 11.2 Å². The van der Waals surface area contributed by atoms with Crippen LogP contribution in [0.15, 0.2) is 18.2 Å². The molecule has 14 heavy (non-hydrogen) atoms. The molecule has 1 unspecified atom stereocenters. The van der Waals surface area contributed by atoms with E-state index in [4.69, 9.17) is 23.2 Å². The summed E-state index contributed by atoms with van der Waals surface area (Å²) in [5.74, 6) is 0. The van der Waals surface area contributed by atoms with Crippen LogP contribution in [0.5, 0.6) is 0 Å². The molecule has 1 aliphatic rings. The van der Waals surface area contributed by atoms with Crippen molar-refractivity contribution in [3.05, 3.63) is 33.8 Å². The van der Waals surface area contributed by atoms with Gasteiger partial charge in [-0.05, 0) is 37.5 Å². The van der Waals surface area contributed by atoms with Crippen molar-refractivity contribution < 1.29 is 5.11 Å². The molecule has 1 aliphatic carbocycles. The van der Waals surface area contributed by atoms with E-state index in [1.54, 1.807) is 6.07 Å². The molecule has 76 valence electrons. The molecule has 0 radical (unpaired) electrons. The molecule has 2 rings (SSSR count). The molecule has 1 saturated carbocycles. The maximum Gasteiger partial charge on any atom is 0.0608 e. The van der Waals surface area contributed by atoms with Crippen molar-refractivity contribution in [3.8, 4) is 0 Å². The number of rotatable bonds is 2. The monoisotopic (exact) mass is 230 g/mol. The first-order valence-corrected chi connectivity index (χ1v) is 5.45. The van der Waals surface area contributed by atoms with Crippen LogP contribution in [0.4, 0.5) is 0 Å². The zero-order valence-corrected chi connectivity index (χ0v) is 9.44. The molecule has 0 heterocycles. The van der Waals surface area contributed by atoms with Gasteiger partial charge in [0, 0.05) is 5.41 Å². The van der Waals surface area contributed by atoms with Gasteiger partial charge < -0.3 is 5.11 Å². The summed E-state index contributed by atoms with van der Waals surface area (Å²) in [6.45, 7) is 1.83. The molecule has 3 heteroatoms. The molecular weight excluding hydrogens is 219 g/mol. The normalized spacial score (nSPS) is 20.6. The summed E-state index contributed by atoms with van der Waals surface area (Å²) in [4.78, 5) is 0. The lowest BCUT2D eigenvalue weighted by Crippen LogP contribution is -2.22. The Morgan fingerprint density at radius 2 is 1.93 bits per heavy atom. The third-order valence-corrected chi connectivity index (χ3v) is 3.82. The van der Waals surface area contributed by atoms with Gasteiger partial charge in [0.1, 0.15) is 0 Å². The van der Waals surface area contributed by atoms with Crippen LogP contribution in [0, 0.1) is 0 Å². The molecule has 0 spiro atoms. The largest absolute Gasteiger partial charge is 0.392 e. The summed E-state index contributed by atoms with van der Waals surface area (Å²) in [7, 11) is 0. The summed E-state index contributed by atoms with van der Waals surface area (Å²) in [6, 6.07) is 5.61. The Morgan fingerprint density at radius 1 is 1.29 bits per heavy atom. The Balaban J connectivity index is 2.38. The zero-order valence-electron chi connectivity index (χ0n) is 7.93. The predicted octanol–water partition coefficient (Wildman–Crippen LogP) is 3.41. The smallest absolute Gasteiger partial charge is 0.0608 e. The van der Waals surface area contributed by atoms with Crippen LogP contribution < -0.4 is 0 Å². The first-order valence-electron chi connectivity index (χ1n) is 4.70. The lowest BCUT2D eigenvalue weighted by Gasteiger charge is -2.19. The van der Waals surface area contributed by atoms with Gasteiger partial charge in [-0.1, -0.05) is 29.3 Å². The fourth-order valence-electron chi connectivity index (χ4n) is 1.89. The van der Waals surface area contributed by atoms with E-state index in [1.807, 2.05) is 19.1 Å². The Hall–Kier alpha value is -0.240. The van der Waals surface area contributed by atoms with Crippen molar-refractivity contribution in [1.29, 1.82) is 0 Å². The summed E-state index contributed by atoms with van der Waals surface area (Å²) in [5, 5.41) is 10.8. The molecule has 0 amide bonds. The topological polar surface area (TPSA) is 20.2 Å². The lowest BCUT2D eigenvalue weighted by atomic mass is 9.91. The first-order chi connectivity index (χ1) is 6.56. The molecule has 1 atom stereocenters. The molecule has 1 aromatic carbocycles. The highest BCUT2D eigenvalue weighted by Gasteiger charge is 2.48. The SMILES string of the molecule is CC(O)C1(c2ccc(Cl)c(Cl)c2)CC1. The van der Waals surface area contributed by atoms with E-state index in [0.29, 0.717) is 10.0 Å². The van der Waals surface area contributed by atoms with Gasteiger partial charge in [-0.2, -0.15) is 0 Å². The van der Waals surface area contributed by atoms with Gasteiger partial charge >= 0.3 is 0 Å². The standard InChI is InChI=1S/C11H12Cl2O/c1-7(14)11(4-5-11)8-2-3-9(12)10(13)6-8/h2-3,6-7,14H,4-5H2,1H3. The third kappa shape index (κ3) is 1.54. The quantitative estimate of drug-likeness (QED) is 0.826. The van der Waals surface area contributed by atoms with Gasteiger partial charge in [0.2, 0.25) is 0 Å². The van der Waals surface area contributed by atoms with Crippen LogP contribution >= 0.6 is 23.2 Å². The minimum absolute atomic E-state index is 0.0613. The third-order valence-electron chi connectivity index (χ3n) is 3.08. The van der Waals surface area contributed by atoms with Crippen molar-refractivity contribution in [2.24, 2.45) is 0 Å². The number of hydrogen-bond acceptors (Lipinski definition) is 1. The summed E-state index contributed by atoms with van der Waals surface area (Å²) >= 11 is 11.8. The Kier molecular flexibility index (Phi) is 2.50. The van der Waals surface area contributed by atoms with Crippen LogP contribution in [0.2, 0.25) is 10.0 Å². The summed E-state index contributed by atoms with van der Waals surface area (Å²) in [5.41, 5.74) is 1.04. The van der Waals surface area contributed by atoms with E-state index in [1.165, 1.54) is 0 Å². The highest BCUT2D eigenvalue weighted by Crippen LogP contribution is 2.51. The predicted molar refractivity (Wildman–Crippen MR) is 59.1 cm³/mol. The van der Waals surface area contributed by atoms with E-state index in [9.17, 15) is 5.11 Å². The van der Waals surface area contributed by atoms with E-state index in [-0.39, 0.29) is 11.5 Å². The summed E-state index contributed by atoms with van der Waals surface area (Å²) in [6.07, 6.45) is 1.74. The second-order valence-electron chi connectivity index (χ2n) is 3.96.